The lowest BCUT2D eigenvalue weighted by Gasteiger charge is -2.28. The summed E-state index contributed by atoms with van der Waals surface area (Å²) < 4.78 is 26.2. The summed E-state index contributed by atoms with van der Waals surface area (Å²) >= 11 is 0. The molecule has 2 N–H and O–H groups in total. The van der Waals surface area contributed by atoms with E-state index >= 15 is 0 Å². The van der Waals surface area contributed by atoms with Crippen LogP contribution in [0.2, 0.25) is 0 Å². The third-order valence-electron chi connectivity index (χ3n) is 4.67. The number of urea groups is 1. The molecule has 1 aliphatic heterocycles. The lowest BCUT2D eigenvalue weighted by Crippen LogP contribution is -2.33. The van der Waals surface area contributed by atoms with Gasteiger partial charge in [-0.15, -0.1) is 0 Å². The Morgan fingerprint density at radius 2 is 1.63 bits per heavy atom. The van der Waals surface area contributed by atoms with Crippen molar-refractivity contribution in [3.8, 4) is 0 Å². The summed E-state index contributed by atoms with van der Waals surface area (Å²) in [5.74, 6) is -1.96. The number of Topliss-reactive ketones (excluding diaryl/α,β-unsaturated/α-hetero) is 1. The van der Waals surface area contributed by atoms with Crippen molar-refractivity contribution in [2.75, 3.05) is 30.8 Å². The van der Waals surface area contributed by atoms with Crippen molar-refractivity contribution in [1.82, 2.24) is 4.90 Å². The van der Waals surface area contributed by atoms with Crippen molar-refractivity contribution in [2.24, 2.45) is 5.92 Å². The average Bonchev–Trinajstić information content (AvgIpc) is 2.65. The molecule has 0 unspecified atom stereocenters. The fraction of sp³-hybridized carbons (Fsp3) is 0.300. The van der Waals surface area contributed by atoms with Gasteiger partial charge in [0, 0.05) is 28.9 Å². The molecule has 2 aromatic carbocycles. The first-order valence-corrected chi connectivity index (χ1v) is 8.78. The van der Waals surface area contributed by atoms with Crippen LogP contribution < -0.4 is 10.6 Å². The Morgan fingerprint density at radius 1 is 0.963 bits per heavy atom. The number of carbonyl (C=O) groups excluding carboxylic acids is 2. The van der Waals surface area contributed by atoms with E-state index in [0.29, 0.717) is 11.3 Å². The summed E-state index contributed by atoms with van der Waals surface area (Å²) in [4.78, 5) is 26.9. The molecule has 27 heavy (non-hydrogen) atoms. The van der Waals surface area contributed by atoms with Crippen molar-refractivity contribution in [1.29, 1.82) is 0 Å². The first kappa shape index (κ1) is 19.0. The largest absolute Gasteiger partial charge is 0.323 e. The minimum absolute atomic E-state index is 0.00698. The molecule has 0 aromatic heterocycles. The van der Waals surface area contributed by atoms with Crippen molar-refractivity contribution < 1.29 is 18.4 Å². The van der Waals surface area contributed by atoms with E-state index in [-0.39, 0.29) is 17.4 Å². The molecule has 1 heterocycles. The summed E-state index contributed by atoms with van der Waals surface area (Å²) in [6.07, 6.45) is 1.65. The Bertz CT molecular complexity index is 849. The van der Waals surface area contributed by atoms with Crippen molar-refractivity contribution in [3.63, 3.8) is 0 Å². The van der Waals surface area contributed by atoms with E-state index in [1.165, 1.54) is 6.07 Å². The number of halogens is 2. The molecule has 0 spiro atoms. The third kappa shape index (κ3) is 4.89. The van der Waals surface area contributed by atoms with E-state index in [9.17, 15) is 18.4 Å². The van der Waals surface area contributed by atoms with Crippen molar-refractivity contribution in [2.45, 2.75) is 12.8 Å². The lowest BCUT2D eigenvalue weighted by atomic mass is 9.89. The van der Waals surface area contributed by atoms with Gasteiger partial charge in [0.1, 0.15) is 0 Å². The third-order valence-corrected chi connectivity index (χ3v) is 4.67. The molecule has 0 atom stereocenters. The lowest BCUT2D eigenvalue weighted by molar-refractivity contribution is 0.0857. The summed E-state index contributed by atoms with van der Waals surface area (Å²) in [6.45, 7) is 1.79. The number of amides is 2. The zero-order chi connectivity index (χ0) is 19.4. The van der Waals surface area contributed by atoms with E-state index in [0.717, 1.165) is 38.1 Å². The molecule has 0 radical (unpaired) electrons. The molecule has 142 valence electrons. The maximum Gasteiger partial charge on any atom is 0.323 e. The number of rotatable bonds is 4. The quantitative estimate of drug-likeness (QED) is 0.792. The van der Waals surface area contributed by atoms with Crippen LogP contribution in [0.3, 0.4) is 0 Å². The molecule has 7 heteroatoms. The second-order valence-corrected chi connectivity index (χ2v) is 6.73. The average molecular weight is 373 g/mol. The van der Waals surface area contributed by atoms with Gasteiger partial charge in [0.05, 0.1) is 0 Å². The van der Waals surface area contributed by atoms with E-state index in [2.05, 4.69) is 15.5 Å². The predicted octanol–water partition coefficient (Wildman–Crippen LogP) is 4.13. The molecule has 2 amide bonds. The smallest absolute Gasteiger partial charge is 0.308 e. The normalized spacial score (nSPS) is 15.4. The van der Waals surface area contributed by atoms with E-state index in [4.69, 9.17) is 0 Å². The van der Waals surface area contributed by atoms with Crippen molar-refractivity contribution in [3.05, 3.63) is 59.7 Å². The van der Waals surface area contributed by atoms with Gasteiger partial charge in [-0.2, -0.15) is 0 Å². The zero-order valence-electron chi connectivity index (χ0n) is 15.0. The van der Waals surface area contributed by atoms with Gasteiger partial charge in [0.25, 0.3) is 0 Å². The molecule has 1 saturated heterocycles. The number of piperidine rings is 1. The highest BCUT2D eigenvalue weighted by Gasteiger charge is 2.24. The molecule has 2 aromatic rings. The van der Waals surface area contributed by atoms with Crippen LogP contribution in [0, 0.1) is 17.6 Å². The van der Waals surface area contributed by atoms with Crippen LogP contribution in [-0.2, 0) is 0 Å². The van der Waals surface area contributed by atoms with Gasteiger partial charge in [0.15, 0.2) is 17.4 Å². The highest BCUT2D eigenvalue weighted by molar-refractivity contribution is 6.02. The minimum Gasteiger partial charge on any atom is -0.308 e. The summed E-state index contributed by atoms with van der Waals surface area (Å²) in [6, 6.07) is 9.22. The fourth-order valence-electron chi connectivity index (χ4n) is 3.12. The van der Waals surface area contributed by atoms with Crippen LogP contribution in [-0.4, -0.2) is 36.9 Å². The number of likely N-dealkylation sites (tertiary alicyclic amines) is 1. The zero-order valence-corrected chi connectivity index (χ0v) is 15.0. The van der Waals surface area contributed by atoms with Gasteiger partial charge in [0.2, 0.25) is 0 Å². The standard InChI is InChI=1S/C20H21F2N3O2/c1-25-9-7-13(8-10-25)19(26)14-3-2-4-15(11-14)23-20(27)24-16-5-6-17(21)18(22)12-16/h2-6,11-13H,7-10H2,1H3,(H2,23,24,27). The minimum atomic E-state index is -1.04. The Balaban J connectivity index is 1.63. The molecule has 1 fully saturated rings. The number of carbonyl (C=O) groups is 2. The molecule has 3 rings (SSSR count). The van der Waals surface area contributed by atoms with Crippen LogP contribution in [0.25, 0.3) is 0 Å². The van der Waals surface area contributed by atoms with Gasteiger partial charge >= 0.3 is 6.03 Å². The second kappa shape index (κ2) is 8.26. The van der Waals surface area contributed by atoms with Gasteiger partial charge in [-0.25, -0.2) is 13.6 Å². The molecule has 0 aliphatic carbocycles. The van der Waals surface area contributed by atoms with Crippen LogP contribution in [0.4, 0.5) is 25.0 Å². The number of hydrogen-bond donors (Lipinski definition) is 2. The van der Waals surface area contributed by atoms with Crippen LogP contribution >= 0.6 is 0 Å². The first-order valence-electron chi connectivity index (χ1n) is 8.78. The van der Waals surface area contributed by atoms with Crippen LogP contribution in [0.15, 0.2) is 42.5 Å². The van der Waals surface area contributed by atoms with Gasteiger partial charge < -0.3 is 15.5 Å². The highest BCUT2D eigenvalue weighted by atomic mass is 19.2. The molecule has 1 aliphatic rings. The Hall–Kier alpha value is -2.80. The number of nitrogens with zero attached hydrogens (tertiary/aromatic N) is 1. The van der Waals surface area contributed by atoms with Crippen molar-refractivity contribution >= 4 is 23.2 Å². The number of nitrogens with one attached hydrogen (secondary N) is 2. The van der Waals surface area contributed by atoms with Gasteiger partial charge in [-0.3, -0.25) is 4.79 Å². The van der Waals surface area contributed by atoms with E-state index in [1.54, 1.807) is 24.3 Å². The topological polar surface area (TPSA) is 61.4 Å². The van der Waals surface area contributed by atoms with Crippen LogP contribution in [0.5, 0.6) is 0 Å². The molecule has 0 bridgehead atoms. The van der Waals surface area contributed by atoms with E-state index < -0.39 is 17.7 Å². The van der Waals surface area contributed by atoms with E-state index in [1.807, 2.05) is 7.05 Å². The predicted molar refractivity (Wildman–Crippen MR) is 100.0 cm³/mol. The Labute approximate surface area is 156 Å². The number of benzene rings is 2. The molecule has 0 saturated carbocycles. The number of anilines is 2. The number of hydrogen-bond acceptors (Lipinski definition) is 3. The first-order chi connectivity index (χ1) is 12.9. The molecule has 5 nitrogen and oxygen atoms in total. The second-order valence-electron chi connectivity index (χ2n) is 6.73. The SMILES string of the molecule is CN1CCC(C(=O)c2cccc(NC(=O)Nc3ccc(F)c(F)c3)c2)CC1. The number of ketones is 1. The Kier molecular flexibility index (Phi) is 5.81. The van der Waals surface area contributed by atoms with Gasteiger partial charge in [-0.05, 0) is 57.2 Å². The molecular weight excluding hydrogens is 352 g/mol. The maximum absolute atomic E-state index is 13.2. The Morgan fingerprint density at radius 3 is 2.30 bits per heavy atom. The van der Waals surface area contributed by atoms with Gasteiger partial charge in [-0.1, -0.05) is 12.1 Å². The monoisotopic (exact) mass is 373 g/mol. The summed E-state index contributed by atoms with van der Waals surface area (Å²) in [5, 5.41) is 5.03. The highest BCUT2D eigenvalue weighted by Crippen LogP contribution is 2.23. The van der Waals surface area contributed by atoms with Crippen LogP contribution in [0.1, 0.15) is 23.2 Å². The fourth-order valence-corrected chi connectivity index (χ4v) is 3.12. The summed E-state index contributed by atoms with van der Waals surface area (Å²) in [5.41, 5.74) is 1.13. The maximum atomic E-state index is 13.2. The molecular formula is C20H21F2N3O2. The summed E-state index contributed by atoms with van der Waals surface area (Å²) in [7, 11) is 2.04.